The third-order valence-electron chi connectivity index (χ3n) is 5.77. The fraction of sp³-hybridized carbons (Fsp3) is 0.941. The van der Waals surface area contributed by atoms with E-state index < -0.39 is 0 Å². The lowest BCUT2D eigenvalue weighted by Crippen LogP contribution is -2.45. The van der Waals surface area contributed by atoms with E-state index in [0.717, 1.165) is 13.0 Å². The number of ether oxygens (including phenoxy) is 1. The van der Waals surface area contributed by atoms with Gasteiger partial charge in [-0.3, -0.25) is 4.79 Å². The van der Waals surface area contributed by atoms with E-state index in [1.165, 1.54) is 25.9 Å². The zero-order chi connectivity index (χ0) is 15.0. The normalized spacial score (nSPS) is 30.1. The van der Waals surface area contributed by atoms with Crippen LogP contribution in [-0.2, 0) is 9.53 Å². The van der Waals surface area contributed by atoms with E-state index in [2.05, 4.69) is 32.6 Å². The van der Waals surface area contributed by atoms with Gasteiger partial charge in [-0.25, -0.2) is 0 Å². The fourth-order valence-electron chi connectivity index (χ4n) is 3.30. The first-order valence-corrected chi connectivity index (χ1v) is 8.16. The highest BCUT2D eigenvalue weighted by atomic mass is 16.5. The van der Waals surface area contributed by atoms with Crippen LogP contribution in [0.1, 0.15) is 53.9 Å². The Morgan fingerprint density at radius 2 is 1.90 bits per heavy atom. The van der Waals surface area contributed by atoms with Crippen molar-refractivity contribution in [3.8, 4) is 0 Å². The average Bonchev–Trinajstić information content (AvgIpc) is 3.11. The predicted molar refractivity (Wildman–Crippen MR) is 81.5 cm³/mol. The summed E-state index contributed by atoms with van der Waals surface area (Å²) in [5, 5.41) is 0. The summed E-state index contributed by atoms with van der Waals surface area (Å²) in [6.07, 6.45) is 3.58. The molecular formula is C17H31NO2. The molecule has 0 amide bonds. The highest BCUT2D eigenvalue weighted by molar-refractivity contribution is 5.75. The second-order valence-electron chi connectivity index (χ2n) is 7.97. The van der Waals surface area contributed by atoms with Gasteiger partial charge >= 0.3 is 5.97 Å². The van der Waals surface area contributed by atoms with Gasteiger partial charge in [-0.2, -0.15) is 0 Å². The van der Waals surface area contributed by atoms with Gasteiger partial charge in [-0.05, 0) is 56.0 Å². The molecular weight excluding hydrogens is 250 g/mol. The van der Waals surface area contributed by atoms with Crippen molar-refractivity contribution >= 4 is 5.97 Å². The van der Waals surface area contributed by atoms with Crippen molar-refractivity contribution in [1.29, 1.82) is 0 Å². The highest BCUT2D eigenvalue weighted by Gasteiger charge is 2.46. The quantitative estimate of drug-likeness (QED) is 0.740. The number of hydrogen-bond acceptors (Lipinski definition) is 3. The molecule has 2 unspecified atom stereocenters. The van der Waals surface area contributed by atoms with Crippen LogP contribution in [0.5, 0.6) is 0 Å². The van der Waals surface area contributed by atoms with Gasteiger partial charge in [-0.15, -0.1) is 0 Å². The summed E-state index contributed by atoms with van der Waals surface area (Å²) >= 11 is 0. The highest BCUT2D eigenvalue weighted by Crippen LogP contribution is 2.47. The summed E-state index contributed by atoms with van der Waals surface area (Å²) in [5.41, 5.74) is 0.833. The van der Waals surface area contributed by atoms with Crippen LogP contribution in [0.4, 0.5) is 0 Å². The molecule has 20 heavy (non-hydrogen) atoms. The second kappa shape index (κ2) is 5.67. The first kappa shape index (κ1) is 15.8. The largest absolute Gasteiger partial charge is 0.466 e. The molecule has 1 heterocycles. The smallest absolute Gasteiger partial charge is 0.309 e. The minimum absolute atomic E-state index is 0.0223. The maximum absolute atomic E-state index is 11.7. The monoisotopic (exact) mass is 281 g/mol. The molecule has 3 heteroatoms. The Balaban J connectivity index is 1.75. The van der Waals surface area contributed by atoms with Crippen molar-refractivity contribution in [3.05, 3.63) is 0 Å². The van der Waals surface area contributed by atoms with E-state index in [1.807, 2.05) is 6.92 Å². The van der Waals surface area contributed by atoms with Crippen molar-refractivity contribution in [2.45, 2.75) is 53.9 Å². The van der Waals surface area contributed by atoms with Gasteiger partial charge < -0.3 is 9.64 Å². The van der Waals surface area contributed by atoms with Gasteiger partial charge in [0.05, 0.1) is 12.5 Å². The van der Waals surface area contributed by atoms with Crippen molar-refractivity contribution < 1.29 is 9.53 Å². The van der Waals surface area contributed by atoms with Crippen LogP contribution in [0.25, 0.3) is 0 Å². The van der Waals surface area contributed by atoms with E-state index in [9.17, 15) is 4.79 Å². The molecule has 1 aliphatic carbocycles. The Bertz CT molecular complexity index is 350. The number of hydrogen-bond donors (Lipinski definition) is 0. The maximum atomic E-state index is 11.7. The third kappa shape index (κ3) is 3.36. The van der Waals surface area contributed by atoms with E-state index in [1.54, 1.807) is 0 Å². The molecule has 0 radical (unpaired) electrons. The molecule has 2 atom stereocenters. The Morgan fingerprint density at radius 3 is 2.40 bits per heavy atom. The summed E-state index contributed by atoms with van der Waals surface area (Å²) < 4.78 is 5.11. The Morgan fingerprint density at radius 1 is 1.30 bits per heavy atom. The molecule has 116 valence electrons. The number of rotatable bonds is 4. The molecule has 3 nitrogen and oxygen atoms in total. The third-order valence-corrected chi connectivity index (χ3v) is 5.77. The van der Waals surface area contributed by atoms with E-state index in [4.69, 9.17) is 4.74 Å². The lowest BCUT2D eigenvalue weighted by Gasteiger charge is -2.48. The Labute approximate surface area is 124 Å². The van der Waals surface area contributed by atoms with Gasteiger partial charge in [-0.1, -0.05) is 27.7 Å². The van der Waals surface area contributed by atoms with Gasteiger partial charge in [0.25, 0.3) is 0 Å². The minimum Gasteiger partial charge on any atom is -0.466 e. The SMILES string of the molecule is CCOC(=O)C1CC1CN1CCC(C)(C(C)(C)C)CC1. The van der Waals surface area contributed by atoms with Crippen LogP contribution in [-0.4, -0.2) is 37.1 Å². The standard InChI is InChI=1S/C17H31NO2/c1-6-20-15(19)14-11-13(14)12-18-9-7-17(5,8-10-18)16(2,3)4/h13-14H,6-12H2,1-5H3. The summed E-state index contributed by atoms with van der Waals surface area (Å²) in [6.45, 7) is 15.4. The Hall–Kier alpha value is -0.570. The summed E-state index contributed by atoms with van der Waals surface area (Å²) in [5.74, 6) is 0.757. The average molecular weight is 281 g/mol. The first-order valence-electron chi connectivity index (χ1n) is 8.16. The number of esters is 1. The molecule has 0 aromatic rings. The zero-order valence-corrected chi connectivity index (χ0v) is 13.9. The molecule has 1 aliphatic heterocycles. The van der Waals surface area contributed by atoms with E-state index in [-0.39, 0.29) is 11.9 Å². The number of piperidine rings is 1. The summed E-state index contributed by atoms with van der Waals surface area (Å²) in [4.78, 5) is 14.2. The summed E-state index contributed by atoms with van der Waals surface area (Å²) in [6, 6.07) is 0. The predicted octanol–water partition coefficient (Wildman–Crippen LogP) is 3.33. The molecule has 2 aliphatic rings. The van der Waals surface area contributed by atoms with Gasteiger partial charge in [0.1, 0.15) is 0 Å². The lowest BCUT2D eigenvalue weighted by atomic mass is 9.63. The second-order valence-corrected chi connectivity index (χ2v) is 7.97. The number of carbonyl (C=O) groups is 1. The maximum Gasteiger partial charge on any atom is 0.309 e. The van der Waals surface area contributed by atoms with Crippen LogP contribution < -0.4 is 0 Å². The van der Waals surface area contributed by atoms with Crippen LogP contribution >= 0.6 is 0 Å². The Kier molecular flexibility index (Phi) is 4.48. The molecule has 0 spiro atoms. The van der Waals surface area contributed by atoms with Crippen molar-refractivity contribution in [2.75, 3.05) is 26.2 Å². The molecule has 0 aromatic carbocycles. The molecule has 0 N–H and O–H groups in total. The molecule has 0 bridgehead atoms. The summed E-state index contributed by atoms with van der Waals surface area (Å²) in [7, 11) is 0. The van der Waals surface area contributed by atoms with E-state index in [0.29, 0.717) is 23.4 Å². The molecule has 0 aromatic heterocycles. The number of likely N-dealkylation sites (tertiary alicyclic amines) is 1. The zero-order valence-electron chi connectivity index (χ0n) is 13.9. The molecule has 1 saturated heterocycles. The number of carbonyl (C=O) groups excluding carboxylic acids is 1. The molecule has 2 fully saturated rings. The lowest BCUT2D eigenvalue weighted by molar-refractivity contribution is -0.145. The molecule has 1 saturated carbocycles. The van der Waals surface area contributed by atoms with Crippen LogP contribution in [0, 0.1) is 22.7 Å². The van der Waals surface area contributed by atoms with Crippen molar-refractivity contribution in [2.24, 2.45) is 22.7 Å². The topological polar surface area (TPSA) is 29.5 Å². The fourth-order valence-corrected chi connectivity index (χ4v) is 3.30. The van der Waals surface area contributed by atoms with Gasteiger partial charge in [0.2, 0.25) is 0 Å². The minimum atomic E-state index is 0.0223. The van der Waals surface area contributed by atoms with Gasteiger partial charge in [0, 0.05) is 6.54 Å². The van der Waals surface area contributed by atoms with Crippen LogP contribution in [0.2, 0.25) is 0 Å². The molecule has 2 rings (SSSR count). The number of nitrogens with zero attached hydrogens (tertiary/aromatic N) is 1. The van der Waals surface area contributed by atoms with Crippen molar-refractivity contribution in [1.82, 2.24) is 4.90 Å². The van der Waals surface area contributed by atoms with E-state index >= 15 is 0 Å². The van der Waals surface area contributed by atoms with Crippen LogP contribution in [0.15, 0.2) is 0 Å². The first-order chi connectivity index (χ1) is 9.27. The van der Waals surface area contributed by atoms with Crippen LogP contribution in [0.3, 0.4) is 0 Å². The van der Waals surface area contributed by atoms with Crippen molar-refractivity contribution in [3.63, 3.8) is 0 Å². The van der Waals surface area contributed by atoms with Gasteiger partial charge in [0.15, 0.2) is 0 Å².